The molecule has 0 N–H and O–H groups in total. The number of rotatable bonds is 10. The van der Waals surface area contributed by atoms with Crippen LogP contribution in [0.25, 0.3) is 6.08 Å². The number of halogens is 2. The van der Waals surface area contributed by atoms with Gasteiger partial charge in [0.2, 0.25) is 0 Å². The predicted molar refractivity (Wildman–Crippen MR) is 176 cm³/mol. The highest BCUT2D eigenvalue weighted by Crippen LogP contribution is 2.38. The fourth-order valence-corrected chi connectivity index (χ4v) is 6.83. The molecule has 0 unspecified atom stereocenters. The van der Waals surface area contributed by atoms with E-state index in [0.29, 0.717) is 66.5 Å². The van der Waals surface area contributed by atoms with Crippen LogP contribution in [0.2, 0.25) is 0 Å². The number of carbonyl (C=O) groups is 1. The smallest absolute Gasteiger partial charge is 0.271 e. The van der Waals surface area contributed by atoms with Gasteiger partial charge in [0.05, 0.1) is 34.5 Å². The minimum atomic E-state index is -0.789. The van der Waals surface area contributed by atoms with Crippen molar-refractivity contribution in [2.24, 2.45) is 4.99 Å². The van der Waals surface area contributed by atoms with Crippen molar-refractivity contribution in [3.05, 3.63) is 119 Å². The first kappa shape index (κ1) is 32.2. The number of allylic oxidation sites excluding steroid dienone is 1. The van der Waals surface area contributed by atoms with Gasteiger partial charge in [-0.25, -0.2) is 9.38 Å². The van der Waals surface area contributed by atoms with Gasteiger partial charge in [-0.15, -0.1) is 0 Å². The Labute approximate surface area is 272 Å². The van der Waals surface area contributed by atoms with Crippen LogP contribution >= 0.6 is 27.3 Å². The Kier molecular flexibility index (Phi) is 9.89. The van der Waals surface area contributed by atoms with Crippen molar-refractivity contribution < 1.29 is 23.4 Å². The van der Waals surface area contributed by atoms with Gasteiger partial charge in [-0.05, 0) is 84.7 Å². The molecular weight excluding hydrogens is 661 g/mol. The van der Waals surface area contributed by atoms with Gasteiger partial charge in [0.1, 0.15) is 35.7 Å². The van der Waals surface area contributed by atoms with Crippen molar-refractivity contribution in [3.8, 4) is 17.2 Å². The highest BCUT2D eigenvalue weighted by molar-refractivity contribution is 9.10. The second-order valence-corrected chi connectivity index (χ2v) is 12.1. The number of thiazole rings is 1. The van der Waals surface area contributed by atoms with Gasteiger partial charge in [-0.3, -0.25) is 14.2 Å². The molecule has 1 aliphatic rings. The highest BCUT2D eigenvalue weighted by atomic mass is 79.9. The maximum atomic E-state index is 14.2. The van der Waals surface area contributed by atoms with Crippen LogP contribution in [0.15, 0.2) is 86.2 Å². The summed E-state index contributed by atoms with van der Waals surface area (Å²) in [6, 6.07) is 16.4. The number of amides is 1. The third-order valence-electron chi connectivity index (χ3n) is 7.63. The van der Waals surface area contributed by atoms with Crippen LogP contribution in [0.3, 0.4) is 0 Å². The molecule has 5 rings (SSSR count). The van der Waals surface area contributed by atoms with E-state index in [1.165, 1.54) is 17.4 Å². The zero-order chi connectivity index (χ0) is 32.2. The fraction of sp³-hybridized carbons (Fsp3) is 0.265. The zero-order valence-electron chi connectivity index (χ0n) is 25.6. The van der Waals surface area contributed by atoms with Crippen molar-refractivity contribution in [2.45, 2.75) is 33.4 Å². The van der Waals surface area contributed by atoms with E-state index in [-0.39, 0.29) is 23.9 Å². The Morgan fingerprint density at radius 3 is 2.47 bits per heavy atom. The number of carbonyl (C=O) groups excluding carboxylic acids is 1. The minimum absolute atomic E-state index is 0.0743. The number of fused-ring (bicyclic) bond motifs is 1. The third kappa shape index (κ3) is 6.46. The quantitative estimate of drug-likeness (QED) is 0.216. The van der Waals surface area contributed by atoms with E-state index in [4.69, 9.17) is 19.2 Å². The second kappa shape index (κ2) is 13.8. The molecule has 4 aromatic rings. The molecule has 45 heavy (non-hydrogen) atoms. The molecule has 3 aromatic carbocycles. The van der Waals surface area contributed by atoms with Crippen molar-refractivity contribution in [2.75, 3.05) is 27.3 Å². The lowest BCUT2D eigenvalue weighted by atomic mass is 9.93. The Bertz CT molecular complexity index is 1960. The van der Waals surface area contributed by atoms with E-state index in [0.717, 1.165) is 5.56 Å². The van der Waals surface area contributed by atoms with Crippen LogP contribution in [0.5, 0.6) is 17.2 Å². The van der Waals surface area contributed by atoms with E-state index in [9.17, 15) is 14.0 Å². The molecule has 0 saturated heterocycles. The maximum absolute atomic E-state index is 14.2. The number of hydrogen-bond acceptors (Lipinski definition) is 7. The summed E-state index contributed by atoms with van der Waals surface area (Å²) in [5, 5.41) is 0. The molecule has 0 radical (unpaired) electrons. The van der Waals surface area contributed by atoms with Gasteiger partial charge in [-0.1, -0.05) is 35.6 Å². The summed E-state index contributed by atoms with van der Waals surface area (Å²) >= 11 is 4.79. The summed E-state index contributed by atoms with van der Waals surface area (Å²) in [7, 11) is 3.12. The Balaban J connectivity index is 1.60. The largest absolute Gasteiger partial charge is 0.497 e. The van der Waals surface area contributed by atoms with E-state index in [1.54, 1.807) is 79.2 Å². The van der Waals surface area contributed by atoms with Crippen molar-refractivity contribution in [3.63, 3.8) is 0 Å². The predicted octanol–water partition coefficient (Wildman–Crippen LogP) is 5.60. The van der Waals surface area contributed by atoms with Crippen LogP contribution in [0.1, 0.15) is 43.5 Å². The SMILES string of the molecule is CCN(CC)C(=O)C1=C(C)N=c2s/c(=C/c3ccc(OCc4ccccc4F)c(Br)c3)c(=O)n2[C@@H]1c1cc(OC)ccc1OC. The molecule has 0 bridgehead atoms. The molecule has 2 heterocycles. The summed E-state index contributed by atoms with van der Waals surface area (Å²) < 4.78 is 33.8. The molecule has 1 aromatic heterocycles. The second-order valence-electron chi connectivity index (χ2n) is 10.2. The van der Waals surface area contributed by atoms with Crippen molar-refractivity contribution in [1.29, 1.82) is 0 Å². The van der Waals surface area contributed by atoms with Crippen LogP contribution in [0.4, 0.5) is 4.39 Å². The van der Waals surface area contributed by atoms with Gasteiger partial charge in [0.25, 0.3) is 11.5 Å². The summed E-state index contributed by atoms with van der Waals surface area (Å²) in [5.41, 5.74) is 2.47. The standard InChI is InChI=1S/C34H33BrFN3O5S/c1-6-38(7-2)33(41)30-20(3)37-34-39(31(30)24-18-23(42-4)13-15-27(24)43-5)32(40)29(45-34)17-21-12-14-28(25(35)16-21)44-19-22-10-8-9-11-26(22)36/h8-18,31H,6-7,19H2,1-5H3/b29-17+/t31-/m1/s1. The van der Waals surface area contributed by atoms with Gasteiger partial charge in [0, 0.05) is 24.2 Å². The molecular formula is C34H33BrFN3O5S. The van der Waals surface area contributed by atoms with Gasteiger partial charge in [0.15, 0.2) is 4.80 Å². The molecule has 1 amide bonds. The number of methoxy groups -OCH3 is 2. The molecule has 0 saturated carbocycles. The molecule has 0 aliphatic carbocycles. The van der Waals surface area contributed by atoms with Gasteiger partial charge < -0.3 is 19.1 Å². The number of nitrogens with zero attached hydrogens (tertiary/aromatic N) is 3. The topological polar surface area (TPSA) is 82.4 Å². The molecule has 8 nitrogen and oxygen atoms in total. The van der Waals surface area contributed by atoms with Crippen molar-refractivity contribution in [1.82, 2.24) is 9.47 Å². The lowest BCUT2D eigenvalue weighted by Crippen LogP contribution is -2.43. The number of likely N-dealkylation sites (N-methyl/N-ethyl adjacent to an activating group) is 1. The van der Waals surface area contributed by atoms with E-state index in [1.807, 2.05) is 26.0 Å². The zero-order valence-corrected chi connectivity index (χ0v) is 28.0. The van der Waals surface area contributed by atoms with E-state index >= 15 is 0 Å². The molecule has 1 atom stereocenters. The lowest BCUT2D eigenvalue weighted by molar-refractivity contribution is -0.127. The van der Waals surface area contributed by atoms with Gasteiger partial charge >= 0.3 is 0 Å². The van der Waals surface area contributed by atoms with Crippen LogP contribution in [-0.2, 0) is 11.4 Å². The Morgan fingerprint density at radius 2 is 1.80 bits per heavy atom. The fourth-order valence-electron chi connectivity index (χ4n) is 5.27. The number of aromatic nitrogens is 1. The third-order valence-corrected chi connectivity index (χ3v) is 9.23. The average molecular weight is 695 g/mol. The van der Waals surface area contributed by atoms with Crippen LogP contribution in [0, 0.1) is 5.82 Å². The summed E-state index contributed by atoms with van der Waals surface area (Å²) in [6.07, 6.45) is 1.78. The maximum Gasteiger partial charge on any atom is 0.271 e. The summed E-state index contributed by atoms with van der Waals surface area (Å²) in [6.45, 7) is 6.72. The lowest BCUT2D eigenvalue weighted by Gasteiger charge is -2.30. The Hall–Kier alpha value is -4.22. The summed E-state index contributed by atoms with van der Waals surface area (Å²) in [5.74, 6) is 1.10. The normalized spacial score (nSPS) is 14.6. The minimum Gasteiger partial charge on any atom is -0.497 e. The Morgan fingerprint density at radius 1 is 1.07 bits per heavy atom. The molecule has 1 aliphatic heterocycles. The molecule has 234 valence electrons. The van der Waals surface area contributed by atoms with E-state index in [2.05, 4.69) is 15.9 Å². The van der Waals surface area contributed by atoms with Crippen LogP contribution < -0.4 is 29.1 Å². The first-order valence-electron chi connectivity index (χ1n) is 14.4. The van der Waals surface area contributed by atoms with E-state index < -0.39 is 6.04 Å². The molecule has 0 fully saturated rings. The average Bonchev–Trinajstić information content (AvgIpc) is 3.34. The molecule has 11 heteroatoms. The number of benzene rings is 3. The monoisotopic (exact) mass is 693 g/mol. The molecule has 0 spiro atoms. The number of ether oxygens (including phenoxy) is 3. The van der Waals surface area contributed by atoms with Crippen LogP contribution in [-0.4, -0.2) is 42.7 Å². The highest BCUT2D eigenvalue weighted by Gasteiger charge is 2.36. The van der Waals surface area contributed by atoms with Gasteiger partial charge in [-0.2, -0.15) is 0 Å². The van der Waals surface area contributed by atoms with Crippen molar-refractivity contribution >= 4 is 39.2 Å². The first-order valence-corrected chi connectivity index (χ1v) is 16.0. The number of hydrogen-bond donors (Lipinski definition) is 0. The summed E-state index contributed by atoms with van der Waals surface area (Å²) in [4.78, 5) is 35.1. The first-order chi connectivity index (χ1) is 21.7.